The van der Waals surface area contributed by atoms with E-state index >= 15 is 0 Å². The molecule has 2 atom stereocenters. The molecule has 1 aliphatic heterocycles. The van der Waals surface area contributed by atoms with E-state index in [0.29, 0.717) is 6.42 Å². The van der Waals surface area contributed by atoms with E-state index in [2.05, 4.69) is 5.43 Å². The first kappa shape index (κ1) is 15.2. The largest absolute Gasteiger partial charge is 0.416 e. The normalized spacial score (nSPS) is 22.9. The maximum absolute atomic E-state index is 12.6. The van der Waals surface area contributed by atoms with Crippen molar-refractivity contribution in [3.63, 3.8) is 0 Å². The Balaban J connectivity index is 2.42. The van der Waals surface area contributed by atoms with Crippen LogP contribution in [-0.4, -0.2) is 12.2 Å². The smallest absolute Gasteiger partial charge is 0.310 e. The van der Waals surface area contributed by atoms with Gasteiger partial charge in [-0.15, -0.1) is 0 Å². The number of halogens is 5. The van der Waals surface area contributed by atoms with Crippen molar-refractivity contribution in [2.75, 3.05) is 5.01 Å². The Kier molecular flexibility index (Phi) is 4.02. The summed E-state index contributed by atoms with van der Waals surface area (Å²) in [6, 6.07) is 2.98. The monoisotopic (exact) mass is 324 g/mol. The van der Waals surface area contributed by atoms with E-state index < -0.39 is 23.9 Å². The summed E-state index contributed by atoms with van der Waals surface area (Å²) in [4.78, 5) is 0. The Labute approximate surface area is 122 Å². The number of hydrogen-bond acceptors (Lipinski definition) is 4. The number of hydrazine groups is 1. The number of nitriles is 1. The molecule has 1 aromatic carbocycles. The molecule has 3 N–H and O–H groups in total. The van der Waals surface area contributed by atoms with Gasteiger partial charge in [0, 0.05) is 6.42 Å². The van der Waals surface area contributed by atoms with Gasteiger partial charge in [0.25, 0.3) is 0 Å². The summed E-state index contributed by atoms with van der Waals surface area (Å²) in [6.45, 7) is 0. The van der Waals surface area contributed by atoms with E-state index in [1.807, 2.05) is 6.07 Å². The SMILES string of the molecule is N#CC1CC(N)N(c2c(Cl)cc(C(F)(F)F)cc2Cl)N1. The number of nitrogens with two attached hydrogens (primary N) is 1. The molecule has 2 unspecified atom stereocenters. The summed E-state index contributed by atoms with van der Waals surface area (Å²) in [5.74, 6) is 0. The van der Waals surface area contributed by atoms with Crippen molar-refractivity contribution in [1.29, 1.82) is 5.26 Å². The van der Waals surface area contributed by atoms with Crippen molar-refractivity contribution in [3.05, 3.63) is 27.7 Å². The van der Waals surface area contributed by atoms with Crippen LogP contribution in [0.4, 0.5) is 18.9 Å². The van der Waals surface area contributed by atoms with Crippen molar-refractivity contribution < 1.29 is 13.2 Å². The van der Waals surface area contributed by atoms with E-state index in [-0.39, 0.29) is 15.7 Å². The number of anilines is 1. The van der Waals surface area contributed by atoms with Crippen molar-refractivity contribution in [2.45, 2.75) is 24.8 Å². The molecule has 0 aliphatic carbocycles. The predicted molar refractivity (Wildman–Crippen MR) is 69.1 cm³/mol. The average Bonchev–Trinajstić information content (AvgIpc) is 2.69. The van der Waals surface area contributed by atoms with Crippen LogP contribution in [0.2, 0.25) is 10.0 Å². The highest BCUT2D eigenvalue weighted by molar-refractivity contribution is 6.39. The number of nitrogens with zero attached hydrogens (tertiary/aromatic N) is 2. The molecule has 1 aromatic rings. The topological polar surface area (TPSA) is 65.1 Å². The van der Waals surface area contributed by atoms with Gasteiger partial charge in [0.2, 0.25) is 0 Å². The molecule has 0 amide bonds. The molecule has 0 bridgehead atoms. The molecular formula is C11H9Cl2F3N4. The van der Waals surface area contributed by atoms with E-state index in [0.717, 1.165) is 12.1 Å². The molecule has 9 heteroatoms. The third-order valence-corrected chi connectivity index (χ3v) is 3.42. The zero-order valence-corrected chi connectivity index (χ0v) is 11.4. The minimum absolute atomic E-state index is 0.131. The Morgan fingerprint density at radius 3 is 2.30 bits per heavy atom. The van der Waals surface area contributed by atoms with Gasteiger partial charge in [0.15, 0.2) is 0 Å². The van der Waals surface area contributed by atoms with Crippen LogP contribution in [0.15, 0.2) is 12.1 Å². The van der Waals surface area contributed by atoms with Crippen LogP contribution in [-0.2, 0) is 6.18 Å². The molecule has 1 saturated heterocycles. The quantitative estimate of drug-likeness (QED) is 0.833. The molecule has 0 aromatic heterocycles. The van der Waals surface area contributed by atoms with Crippen molar-refractivity contribution >= 4 is 28.9 Å². The fraction of sp³-hybridized carbons (Fsp3) is 0.364. The first-order valence-electron chi connectivity index (χ1n) is 5.51. The minimum atomic E-state index is -4.54. The number of alkyl halides is 3. The maximum atomic E-state index is 12.6. The predicted octanol–water partition coefficient (Wildman–Crippen LogP) is 2.90. The number of rotatable bonds is 1. The number of hydrogen-bond donors (Lipinski definition) is 2. The van der Waals surface area contributed by atoms with Crippen LogP contribution in [0.3, 0.4) is 0 Å². The van der Waals surface area contributed by atoms with Gasteiger partial charge in [0.05, 0.1) is 33.5 Å². The molecule has 1 aliphatic rings. The Morgan fingerprint density at radius 2 is 1.90 bits per heavy atom. The molecule has 1 fully saturated rings. The highest BCUT2D eigenvalue weighted by Gasteiger charge is 2.35. The first-order valence-corrected chi connectivity index (χ1v) is 6.26. The summed E-state index contributed by atoms with van der Waals surface area (Å²) in [7, 11) is 0. The molecule has 4 nitrogen and oxygen atoms in total. The van der Waals surface area contributed by atoms with Crippen LogP contribution in [0.1, 0.15) is 12.0 Å². The van der Waals surface area contributed by atoms with Gasteiger partial charge in [0.1, 0.15) is 6.04 Å². The second kappa shape index (κ2) is 5.30. The van der Waals surface area contributed by atoms with Crippen LogP contribution >= 0.6 is 23.2 Å². The van der Waals surface area contributed by atoms with Gasteiger partial charge in [-0.3, -0.25) is 5.01 Å². The second-order valence-corrected chi connectivity index (χ2v) is 5.08. The lowest BCUT2D eigenvalue weighted by Crippen LogP contribution is -2.43. The van der Waals surface area contributed by atoms with Gasteiger partial charge in [-0.25, -0.2) is 5.43 Å². The highest BCUT2D eigenvalue weighted by Crippen LogP contribution is 2.41. The average molecular weight is 325 g/mol. The van der Waals surface area contributed by atoms with E-state index in [1.165, 1.54) is 5.01 Å². The lowest BCUT2D eigenvalue weighted by atomic mass is 10.2. The zero-order chi connectivity index (χ0) is 15.1. The number of nitrogens with one attached hydrogen (secondary N) is 1. The Morgan fingerprint density at radius 1 is 1.35 bits per heavy atom. The molecular weight excluding hydrogens is 316 g/mol. The molecule has 0 radical (unpaired) electrons. The third-order valence-electron chi connectivity index (χ3n) is 2.84. The highest BCUT2D eigenvalue weighted by atomic mass is 35.5. The second-order valence-electron chi connectivity index (χ2n) is 4.27. The fourth-order valence-corrected chi connectivity index (χ4v) is 2.60. The van der Waals surface area contributed by atoms with E-state index in [4.69, 9.17) is 34.2 Å². The molecule has 0 saturated carbocycles. The summed E-state index contributed by atoms with van der Waals surface area (Å²) >= 11 is 11.7. The van der Waals surface area contributed by atoms with Crippen LogP contribution in [0.25, 0.3) is 0 Å². The summed E-state index contributed by atoms with van der Waals surface area (Å²) in [6.07, 6.45) is -4.84. The molecule has 2 rings (SSSR count). The fourth-order valence-electron chi connectivity index (χ4n) is 1.93. The van der Waals surface area contributed by atoms with Crippen LogP contribution in [0, 0.1) is 11.3 Å². The molecule has 0 spiro atoms. The number of benzene rings is 1. The minimum Gasteiger partial charge on any atom is -0.310 e. The van der Waals surface area contributed by atoms with Crippen LogP contribution < -0.4 is 16.2 Å². The summed E-state index contributed by atoms with van der Waals surface area (Å²) < 4.78 is 37.9. The van der Waals surface area contributed by atoms with E-state index in [1.54, 1.807) is 0 Å². The van der Waals surface area contributed by atoms with Gasteiger partial charge in [-0.1, -0.05) is 23.2 Å². The van der Waals surface area contributed by atoms with Crippen molar-refractivity contribution in [3.8, 4) is 6.07 Å². The summed E-state index contributed by atoms with van der Waals surface area (Å²) in [5.41, 5.74) is 7.74. The lowest BCUT2D eigenvalue weighted by Gasteiger charge is -2.26. The Bertz CT molecular complexity index is 547. The van der Waals surface area contributed by atoms with Gasteiger partial charge in [-0.05, 0) is 12.1 Å². The van der Waals surface area contributed by atoms with Gasteiger partial charge < -0.3 is 5.73 Å². The summed E-state index contributed by atoms with van der Waals surface area (Å²) in [5, 5.41) is 9.77. The maximum Gasteiger partial charge on any atom is 0.416 e. The Hall–Kier alpha value is -1.20. The molecule has 108 valence electrons. The lowest BCUT2D eigenvalue weighted by molar-refractivity contribution is -0.137. The van der Waals surface area contributed by atoms with Crippen molar-refractivity contribution in [2.24, 2.45) is 5.73 Å². The van der Waals surface area contributed by atoms with Gasteiger partial charge >= 0.3 is 6.18 Å². The molecule has 1 heterocycles. The van der Waals surface area contributed by atoms with E-state index in [9.17, 15) is 13.2 Å². The van der Waals surface area contributed by atoms with Crippen molar-refractivity contribution in [1.82, 2.24) is 5.43 Å². The third kappa shape index (κ3) is 2.79. The standard InChI is InChI=1S/C11H9Cl2F3N4/c12-7-1-5(11(14,15)16)2-8(13)10(7)20-9(18)3-6(4-17)19-20/h1-2,6,9,19H,3,18H2. The first-order chi connectivity index (χ1) is 9.24. The molecule has 20 heavy (non-hydrogen) atoms. The van der Waals surface area contributed by atoms with Gasteiger partial charge in [-0.2, -0.15) is 18.4 Å². The zero-order valence-electron chi connectivity index (χ0n) is 9.88. The van der Waals surface area contributed by atoms with Crippen LogP contribution in [0.5, 0.6) is 0 Å².